The van der Waals surface area contributed by atoms with Gasteiger partial charge in [0, 0.05) is 18.5 Å². The van der Waals surface area contributed by atoms with Crippen molar-refractivity contribution in [2.75, 3.05) is 19.7 Å². The summed E-state index contributed by atoms with van der Waals surface area (Å²) in [4.78, 5) is 14.1. The number of ether oxygens (including phenoxy) is 1. The van der Waals surface area contributed by atoms with Crippen molar-refractivity contribution >= 4 is 17.3 Å². The first-order chi connectivity index (χ1) is 8.16. The molecule has 1 aromatic heterocycles. The van der Waals surface area contributed by atoms with E-state index >= 15 is 0 Å². The van der Waals surface area contributed by atoms with Crippen LogP contribution in [0.25, 0.3) is 0 Å². The predicted molar refractivity (Wildman–Crippen MR) is 62.4 cm³/mol. The van der Waals surface area contributed by atoms with E-state index in [-0.39, 0.29) is 16.6 Å². The van der Waals surface area contributed by atoms with Gasteiger partial charge in [0.1, 0.15) is 0 Å². The molecular weight excluding hydrogens is 246 g/mol. The first-order valence-electron chi connectivity index (χ1n) is 5.30. The van der Waals surface area contributed by atoms with Crippen molar-refractivity contribution in [1.82, 2.24) is 10.3 Å². The minimum absolute atomic E-state index is 0.0336. The summed E-state index contributed by atoms with van der Waals surface area (Å²) in [6.07, 6.45) is 2.36. The van der Waals surface area contributed by atoms with Crippen LogP contribution in [0.4, 0.5) is 5.69 Å². The Labute approximate surface area is 103 Å². The van der Waals surface area contributed by atoms with Gasteiger partial charge in [-0.1, -0.05) is 11.6 Å². The summed E-state index contributed by atoms with van der Waals surface area (Å²) in [5, 5.41) is 14.2. The van der Waals surface area contributed by atoms with E-state index in [1.165, 1.54) is 12.3 Å². The molecule has 0 aliphatic carbocycles. The molecule has 1 aromatic rings. The summed E-state index contributed by atoms with van der Waals surface area (Å²) in [5.74, 6) is 0.415. The number of nitrogens with one attached hydrogen (secondary N) is 1. The van der Waals surface area contributed by atoms with E-state index in [0.717, 1.165) is 19.5 Å². The van der Waals surface area contributed by atoms with Gasteiger partial charge >= 0.3 is 5.69 Å². The fourth-order valence-corrected chi connectivity index (χ4v) is 1.86. The molecule has 2 rings (SSSR count). The smallest absolute Gasteiger partial charge is 0.332 e. The Balaban J connectivity index is 2.06. The molecule has 1 saturated heterocycles. The van der Waals surface area contributed by atoms with Gasteiger partial charge in [-0.3, -0.25) is 10.1 Å². The van der Waals surface area contributed by atoms with Crippen LogP contribution in [0.15, 0.2) is 12.3 Å². The fourth-order valence-electron chi connectivity index (χ4n) is 1.71. The van der Waals surface area contributed by atoms with Crippen LogP contribution in [0.5, 0.6) is 5.88 Å². The SMILES string of the molecule is O=[N+]([O-])c1cc(Cl)cnc1OCC1CCNC1. The van der Waals surface area contributed by atoms with Gasteiger partial charge in [0.2, 0.25) is 0 Å². The molecule has 1 unspecified atom stereocenters. The van der Waals surface area contributed by atoms with Gasteiger partial charge in [-0.25, -0.2) is 4.98 Å². The molecule has 1 N–H and O–H groups in total. The van der Waals surface area contributed by atoms with Crippen LogP contribution in [0.3, 0.4) is 0 Å². The molecule has 1 aliphatic heterocycles. The average Bonchev–Trinajstić information content (AvgIpc) is 2.80. The highest BCUT2D eigenvalue weighted by Gasteiger charge is 2.20. The van der Waals surface area contributed by atoms with Crippen LogP contribution >= 0.6 is 11.6 Å². The van der Waals surface area contributed by atoms with E-state index in [1.807, 2.05) is 0 Å². The van der Waals surface area contributed by atoms with Crippen molar-refractivity contribution in [3.05, 3.63) is 27.4 Å². The topological polar surface area (TPSA) is 77.3 Å². The average molecular weight is 258 g/mol. The predicted octanol–water partition coefficient (Wildman–Crippen LogP) is 1.63. The van der Waals surface area contributed by atoms with Gasteiger partial charge in [-0.2, -0.15) is 0 Å². The number of aromatic nitrogens is 1. The minimum atomic E-state index is -0.541. The summed E-state index contributed by atoms with van der Waals surface area (Å²) in [6, 6.07) is 1.25. The van der Waals surface area contributed by atoms with E-state index in [0.29, 0.717) is 12.5 Å². The second-order valence-electron chi connectivity index (χ2n) is 3.90. The number of pyridine rings is 1. The maximum absolute atomic E-state index is 10.8. The third-order valence-corrected chi connectivity index (χ3v) is 2.82. The molecule has 1 aliphatic rings. The van der Waals surface area contributed by atoms with Crippen molar-refractivity contribution in [2.24, 2.45) is 5.92 Å². The van der Waals surface area contributed by atoms with Crippen LogP contribution < -0.4 is 10.1 Å². The minimum Gasteiger partial charge on any atom is -0.472 e. The molecule has 1 atom stereocenters. The van der Waals surface area contributed by atoms with E-state index in [1.54, 1.807) is 0 Å². The number of nitrogens with zero attached hydrogens (tertiary/aromatic N) is 2. The highest BCUT2D eigenvalue weighted by molar-refractivity contribution is 6.30. The Morgan fingerprint density at radius 3 is 3.18 bits per heavy atom. The Hall–Kier alpha value is -1.40. The molecule has 0 spiro atoms. The standard InChI is InChI=1S/C10H12ClN3O3/c11-8-3-9(14(15)16)10(13-5-8)17-6-7-1-2-12-4-7/h3,5,7,12H,1-2,4,6H2. The van der Waals surface area contributed by atoms with Crippen LogP contribution in [0.1, 0.15) is 6.42 Å². The summed E-state index contributed by atoms with van der Waals surface area (Å²) < 4.78 is 5.39. The highest BCUT2D eigenvalue weighted by Crippen LogP contribution is 2.27. The van der Waals surface area contributed by atoms with E-state index in [9.17, 15) is 10.1 Å². The zero-order valence-corrected chi connectivity index (χ0v) is 9.81. The molecule has 7 heteroatoms. The molecule has 0 aromatic carbocycles. The van der Waals surface area contributed by atoms with Crippen LogP contribution in [-0.2, 0) is 0 Å². The van der Waals surface area contributed by atoms with Crippen molar-refractivity contribution in [2.45, 2.75) is 6.42 Å². The largest absolute Gasteiger partial charge is 0.472 e. The number of rotatable bonds is 4. The summed E-state index contributed by atoms with van der Waals surface area (Å²) in [6.45, 7) is 2.27. The first-order valence-corrected chi connectivity index (χ1v) is 5.68. The number of hydrogen-bond donors (Lipinski definition) is 1. The Morgan fingerprint density at radius 2 is 2.53 bits per heavy atom. The van der Waals surface area contributed by atoms with Crippen molar-refractivity contribution < 1.29 is 9.66 Å². The maximum Gasteiger partial charge on any atom is 0.332 e. The van der Waals surface area contributed by atoms with Crippen molar-refractivity contribution in [3.8, 4) is 5.88 Å². The van der Waals surface area contributed by atoms with E-state index < -0.39 is 4.92 Å². The second-order valence-corrected chi connectivity index (χ2v) is 4.34. The number of hydrogen-bond acceptors (Lipinski definition) is 5. The lowest BCUT2D eigenvalue weighted by Crippen LogP contribution is -2.16. The summed E-state index contributed by atoms with van der Waals surface area (Å²) in [5.41, 5.74) is -0.191. The van der Waals surface area contributed by atoms with E-state index in [4.69, 9.17) is 16.3 Å². The van der Waals surface area contributed by atoms with E-state index in [2.05, 4.69) is 10.3 Å². The monoisotopic (exact) mass is 257 g/mol. The van der Waals surface area contributed by atoms with Gasteiger partial charge in [-0.15, -0.1) is 0 Å². The van der Waals surface area contributed by atoms with Crippen LogP contribution in [-0.4, -0.2) is 29.6 Å². The molecule has 6 nitrogen and oxygen atoms in total. The molecule has 0 amide bonds. The third kappa shape index (κ3) is 3.04. The molecule has 2 heterocycles. The molecule has 1 fully saturated rings. The first kappa shape index (κ1) is 12.1. The lowest BCUT2D eigenvalue weighted by atomic mass is 10.1. The fraction of sp³-hybridized carbons (Fsp3) is 0.500. The normalized spacial score (nSPS) is 19.2. The lowest BCUT2D eigenvalue weighted by Gasteiger charge is -2.09. The van der Waals surface area contributed by atoms with Gasteiger partial charge in [0.25, 0.3) is 5.88 Å². The second kappa shape index (κ2) is 5.29. The van der Waals surface area contributed by atoms with Crippen molar-refractivity contribution in [1.29, 1.82) is 0 Å². The molecule has 17 heavy (non-hydrogen) atoms. The molecule has 0 bridgehead atoms. The van der Waals surface area contributed by atoms with Crippen LogP contribution in [0.2, 0.25) is 5.02 Å². The summed E-state index contributed by atoms with van der Waals surface area (Å²) in [7, 11) is 0. The summed E-state index contributed by atoms with van der Waals surface area (Å²) >= 11 is 5.66. The zero-order valence-electron chi connectivity index (χ0n) is 9.06. The van der Waals surface area contributed by atoms with Gasteiger partial charge in [0.15, 0.2) is 0 Å². The molecule has 92 valence electrons. The Kier molecular flexibility index (Phi) is 3.75. The van der Waals surface area contributed by atoms with Gasteiger partial charge < -0.3 is 10.1 Å². The van der Waals surface area contributed by atoms with Crippen molar-refractivity contribution in [3.63, 3.8) is 0 Å². The zero-order chi connectivity index (χ0) is 12.3. The molecule has 0 radical (unpaired) electrons. The number of nitro groups is 1. The molecular formula is C10H12ClN3O3. The lowest BCUT2D eigenvalue weighted by molar-refractivity contribution is -0.386. The van der Waals surface area contributed by atoms with Crippen LogP contribution in [0, 0.1) is 16.0 Å². The Bertz CT molecular complexity index is 421. The molecule has 0 saturated carbocycles. The quantitative estimate of drug-likeness (QED) is 0.655. The maximum atomic E-state index is 10.8. The van der Waals surface area contributed by atoms with Gasteiger partial charge in [-0.05, 0) is 13.0 Å². The Morgan fingerprint density at radius 1 is 1.71 bits per heavy atom. The number of halogens is 1. The third-order valence-electron chi connectivity index (χ3n) is 2.61. The highest BCUT2D eigenvalue weighted by atomic mass is 35.5. The van der Waals surface area contributed by atoms with Gasteiger partial charge in [0.05, 0.1) is 22.7 Å².